The Labute approximate surface area is 160 Å². The molecule has 0 spiro atoms. The van der Waals surface area contributed by atoms with Crippen molar-refractivity contribution in [3.63, 3.8) is 0 Å². The Balaban J connectivity index is 1.70. The van der Waals surface area contributed by atoms with Gasteiger partial charge in [-0.1, -0.05) is 24.3 Å². The first kappa shape index (κ1) is 18.1. The topological polar surface area (TPSA) is 40.6 Å². The molecular formula is C19H21BrN2O2S. The molecule has 6 heteroatoms. The highest BCUT2D eigenvalue weighted by molar-refractivity contribution is 9.11. The highest BCUT2D eigenvalue weighted by Crippen LogP contribution is 2.33. The Morgan fingerprint density at radius 3 is 2.72 bits per heavy atom. The van der Waals surface area contributed by atoms with Crippen LogP contribution in [-0.4, -0.2) is 41.8 Å². The zero-order valence-electron chi connectivity index (χ0n) is 14.4. The van der Waals surface area contributed by atoms with Crippen molar-refractivity contribution < 1.29 is 9.59 Å². The third-order valence-electron chi connectivity index (χ3n) is 4.62. The molecule has 1 unspecified atom stereocenters. The van der Waals surface area contributed by atoms with Crippen LogP contribution < -0.4 is 0 Å². The Kier molecular flexibility index (Phi) is 5.59. The lowest BCUT2D eigenvalue weighted by molar-refractivity contribution is -0.132. The number of hydrogen-bond acceptors (Lipinski definition) is 3. The van der Waals surface area contributed by atoms with Crippen molar-refractivity contribution >= 4 is 39.1 Å². The van der Waals surface area contributed by atoms with Crippen LogP contribution in [0, 0.1) is 6.92 Å². The smallest absolute Gasteiger partial charge is 0.264 e. The van der Waals surface area contributed by atoms with Gasteiger partial charge in [-0.2, -0.15) is 0 Å². The summed E-state index contributed by atoms with van der Waals surface area (Å²) in [7, 11) is 1.69. The summed E-state index contributed by atoms with van der Waals surface area (Å²) in [4.78, 5) is 29.3. The van der Waals surface area contributed by atoms with E-state index in [1.807, 2.05) is 23.1 Å². The molecule has 1 atom stereocenters. The van der Waals surface area contributed by atoms with E-state index in [2.05, 4.69) is 35.0 Å². The fourth-order valence-electron chi connectivity index (χ4n) is 3.33. The van der Waals surface area contributed by atoms with E-state index in [0.717, 1.165) is 23.2 Å². The van der Waals surface area contributed by atoms with Gasteiger partial charge in [0.25, 0.3) is 5.91 Å². The molecule has 1 aromatic heterocycles. The molecule has 0 N–H and O–H groups in total. The number of amides is 2. The third-order valence-corrected chi connectivity index (χ3v) is 6.24. The molecule has 1 aromatic carbocycles. The van der Waals surface area contributed by atoms with Crippen molar-refractivity contribution in [3.05, 3.63) is 56.2 Å². The van der Waals surface area contributed by atoms with Crippen LogP contribution in [0.2, 0.25) is 0 Å². The molecule has 0 saturated carbocycles. The molecule has 0 bridgehead atoms. The second kappa shape index (κ2) is 7.70. The number of likely N-dealkylation sites (N-methyl/N-ethyl adjacent to an activating group) is 1. The standard InChI is InChI=1S/C19H21BrN2O2S/c1-13-6-3-4-7-14(13)15-8-5-11-22(15)18(23)12-21(2)19(24)16-9-10-17(20)25-16/h3-4,6-7,9-10,15H,5,8,11-12H2,1-2H3. The highest BCUT2D eigenvalue weighted by atomic mass is 79.9. The second-order valence-corrected chi connectivity index (χ2v) is 8.83. The van der Waals surface area contributed by atoms with Crippen LogP contribution in [0.4, 0.5) is 0 Å². The SMILES string of the molecule is Cc1ccccc1C1CCCN1C(=O)CN(C)C(=O)c1ccc(Br)s1. The van der Waals surface area contributed by atoms with Gasteiger partial charge in [-0.3, -0.25) is 9.59 Å². The lowest BCUT2D eigenvalue weighted by Crippen LogP contribution is -2.40. The summed E-state index contributed by atoms with van der Waals surface area (Å²) in [6.45, 7) is 2.95. The average molecular weight is 421 g/mol. The zero-order chi connectivity index (χ0) is 18.0. The van der Waals surface area contributed by atoms with Crippen LogP contribution in [0.5, 0.6) is 0 Å². The summed E-state index contributed by atoms with van der Waals surface area (Å²) in [6.07, 6.45) is 1.98. The van der Waals surface area contributed by atoms with Crippen molar-refractivity contribution in [2.24, 2.45) is 0 Å². The van der Waals surface area contributed by atoms with E-state index in [0.29, 0.717) is 4.88 Å². The van der Waals surface area contributed by atoms with E-state index >= 15 is 0 Å². The van der Waals surface area contributed by atoms with Gasteiger partial charge in [-0.05, 0) is 59.0 Å². The van der Waals surface area contributed by atoms with Crippen LogP contribution in [0.25, 0.3) is 0 Å². The fraction of sp³-hybridized carbons (Fsp3) is 0.368. The van der Waals surface area contributed by atoms with Crippen LogP contribution in [0.3, 0.4) is 0 Å². The quantitative estimate of drug-likeness (QED) is 0.741. The maximum absolute atomic E-state index is 12.8. The minimum Gasteiger partial charge on any atom is -0.334 e. The van der Waals surface area contributed by atoms with Gasteiger partial charge in [0, 0.05) is 13.6 Å². The first-order valence-electron chi connectivity index (χ1n) is 8.33. The van der Waals surface area contributed by atoms with Gasteiger partial charge >= 0.3 is 0 Å². The number of rotatable bonds is 4. The number of halogens is 1. The first-order valence-corrected chi connectivity index (χ1v) is 9.94. The predicted molar refractivity (Wildman–Crippen MR) is 104 cm³/mol. The van der Waals surface area contributed by atoms with Crippen molar-refractivity contribution in [1.29, 1.82) is 0 Å². The number of benzene rings is 1. The van der Waals surface area contributed by atoms with Gasteiger partial charge < -0.3 is 9.80 Å². The van der Waals surface area contributed by atoms with Gasteiger partial charge in [0.05, 0.1) is 21.3 Å². The summed E-state index contributed by atoms with van der Waals surface area (Å²) in [5.74, 6) is -0.104. The average Bonchev–Trinajstić information content (AvgIpc) is 3.23. The lowest BCUT2D eigenvalue weighted by atomic mass is 9.99. The number of nitrogens with zero attached hydrogens (tertiary/aromatic N) is 2. The van der Waals surface area contributed by atoms with Crippen LogP contribution in [0.1, 0.15) is 39.7 Å². The maximum atomic E-state index is 12.8. The molecule has 25 heavy (non-hydrogen) atoms. The van der Waals surface area contributed by atoms with Gasteiger partial charge in [0.1, 0.15) is 0 Å². The van der Waals surface area contributed by atoms with Crippen molar-refractivity contribution in [2.75, 3.05) is 20.1 Å². The van der Waals surface area contributed by atoms with E-state index in [-0.39, 0.29) is 24.4 Å². The van der Waals surface area contributed by atoms with Crippen LogP contribution in [-0.2, 0) is 4.79 Å². The molecule has 0 aliphatic carbocycles. The number of thiophene rings is 1. The summed E-state index contributed by atoms with van der Waals surface area (Å²) >= 11 is 4.75. The molecule has 0 radical (unpaired) electrons. The summed E-state index contributed by atoms with van der Waals surface area (Å²) in [5, 5.41) is 0. The Bertz CT molecular complexity index is 789. The molecule has 3 rings (SSSR count). The highest BCUT2D eigenvalue weighted by Gasteiger charge is 2.31. The summed E-state index contributed by atoms with van der Waals surface area (Å²) in [5.41, 5.74) is 2.42. The molecule has 2 aromatic rings. The summed E-state index contributed by atoms with van der Waals surface area (Å²) in [6, 6.07) is 12.0. The van der Waals surface area contributed by atoms with Gasteiger partial charge in [-0.25, -0.2) is 0 Å². The minimum absolute atomic E-state index is 0.0113. The van der Waals surface area contributed by atoms with Gasteiger partial charge in [0.2, 0.25) is 5.91 Å². The maximum Gasteiger partial charge on any atom is 0.264 e. The Morgan fingerprint density at radius 1 is 1.28 bits per heavy atom. The molecule has 2 amide bonds. The largest absolute Gasteiger partial charge is 0.334 e. The normalized spacial score (nSPS) is 16.9. The van der Waals surface area contributed by atoms with E-state index < -0.39 is 0 Å². The van der Waals surface area contributed by atoms with Crippen LogP contribution in [0.15, 0.2) is 40.2 Å². The Morgan fingerprint density at radius 2 is 2.04 bits per heavy atom. The van der Waals surface area contributed by atoms with Crippen molar-refractivity contribution in [3.8, 4) is 0 Å². The number of likely N-dealkylation sites (tertiary alicyclic amines) is 1. The number of aryl methyl sites for hydroxylation is 1. The third kappa shape index (κ3) is 3.96. The molecule has 1 aliphatic rings. The van der Waals surface area contributed by atoms with Crippen molar-refractivity contribution in [1.82, 2.24) is 9.80 Å². The molecule has 132 valence electrons. The van der Waals surface area contributed by atoms with Crippen LogP contribution >= 0.6 is 27.3 Å². The van der Waals surface area contributed by atoms with Gasteiger partial charge in [-0.15, -0.1) is 11.3 Å². The molecule has 1 fully saturated rings. The second-order valence-electron chi connectivity index (χ2n) is 6.37. The molecule has 2 heterocycles. The number of hydrogen-bond donors (Lipinski definition) is 0. The lowest BCUT2D eigenvalue weighted by Gasteiger charge is -2.28. The van der Waals surface area contributed by atoms with Gasteiger partial charge in [0.15, 0.2) is 0 Å². The minimum atomic E-state index is -0.115. The number of carbonyl (C=O) groups is 2. The Hall–Kier alpha value is -1.66. The molecule has 1 aliphatic heterocycles. The van der Waals surface area contributed by atoms with E-state index in [9.17, 15) is 9.59 Å². The molecular weight excluding hydrogens is 400 g/mol. The molecule has 4 nitrogen and oxygen atoms in total. The fourth-order valence-corrected chi connectivity index (χ4v) is 4.71. The van der Waals surface area contributed by atoms with Crippen molar-refractivity contribution in [2.45, 2.75) is 25.8 Å². The zero-order valence-corrected chi connectivity index (χ0v) is 16.8. The van der Waals surface area contributed by atoms with E-state index in [1.54, 1.807) is 13.1 Å². The first-order chi connectivity index (χ1) is 12.0. The van der Waals surface area contributed by atoms with E-state index in [1.165, 1.54) is 27.4 Å². The monoisotopic (exact) mass is 420 g/mol. The number of carbonyl (C=O) groups excluding carboxylic acids is 2. The van der Waals surface area contributed by atoms with E-state index in [4.69, 9.17) is 0 Å². The molecule has 1 saturated heterocycles. The summed E-state index contributed by atoms with van der Waals surface area (Å²) < 4.78 is 0.912. The predicted octanol–water partition coefficient (Wildman–Crippen LogP) is 4.25.